The van der Waals surface area contributed by atoms with Crippen molar-refractivity contribution in [2.45, 2.75) is 115 Å². The SMILES string of the molecule is CC[C@@H](CCCCNC(=O)[C@H](CNC(=O)CCCCCNC(=O)c1ccc2c(c1)B(O)OC2)NC(=O)c1ccc2c(c1)B(O)OC2)C(=O)N1CCC[C@H]1C(=O)N[C@H](C(=O)O)[C@@H](C)O. The van der Waals surface area contributed by atoms with Gasteiger partial charge in [0.25, 0.3) is 11.8 Å². The molecule has 2 aromatic carbocycles. The Labute approximate surface area is 366 Å². The van der Waals surface area contributed by atoms with Gasteiger partial charge in [-0.1, -0.05) is 31.9 Å². The Hall–Kier alpha value is -5.34. The van der Waals surface area contributed by atoms with E-state index in [0.29, 0.717) is 94.0 Å². The Bertz CT molecular complexity index is 1990. The first kappa shape index (κ1) is 48.7. The fourth-order valence-corrected chi connectivity index (χ4v) is 7.89. The second-order valence-corrected chi connectivity index (χ2v) is 16.2. The van der Waals surface area contributed by atoms with Crippen molar-refractivity contribution < 1.29 is 63.1 Å². The van der Waals surface area contributed by atoms with Crippen LogP contribution in [0.15, 0.2) is 36.4 Å². The number of aliphatic carboxylic acids is 1. The molecule has 9 N–H and O–H groups in total. The highest BCUT2D eigenvalue weighted by molar-refractivity contribution is 6.62. The molecule has 0 saturated carbocycles. The van der Waals surface area contributed by atoms with Crippen LogP contribution in [0.25, 0.3) is 0 Å². The third kappa shape index (κ3) is 13.3. The lowest BCUT2D eigenvalue weighted by molar-refractivity contribution is -0.147. The smallest absolute Gasteiger partial charge is 0.480 e. The molecule has 63 heavy (non-hydrogen) atoms. The molecule has 0 spiro atoms. The summed E-state index contributed by atoms with van der Waals surface area (Å²) in [6.45, 7) is 4.34. The van der Waals surface area contributed by atoms with E-state index in [1.165, 1.54) is 17.9 Å². The highest BCUT2D eigenvalue weighted by Crippen LogP contribution is 2.24. The van der Waals surface area contributed by atoms with Crippen molar-refractivity contribution in [3.8, 4) is 0 Å². The number of carbonyl (C=O) groups is 7. The number of benzene rings is 2. The third-order valence-electron chi connectivity index (χ3n) is 11.6. The van der Waals surface area contributed by atoms with Crippen LogP contribution in [0.3, 0.4) is 0 Å². The molecule has 6 amide bonds. The molecular formula is C42H58B2N6O13. The quantitative estimate of drug-likeness (QED) is 0.0459. The number of aliphatic hydroxyl groups is 1. The largest absolute Gasteiger partial charge is 0.491 e. The standard InChI is InChI=1S/C42H58B2N6O13/c1-3-26(41(57)50-19-9-11-34(50)40(56)49-36(25(2)51)42(58)59)10-6-8-18-46-39(55)33(48-38(54)28-14-16-30-24-63-44(61)32(30)21-28)22-47-35(52)12-5-4-7-17-45-37(53)27-13-15-29-23-62-43(60)31(29)20-27/h13-16,20-21,25-26,33-34,36,51,60-61H,3-12,17-19,22-24H2,1-2H3,(H,45,53)(H,46,55)(H,47,52)(H,48,54)(H,49,56)(H,58,59)/t25-,26+,33+,34+,36+/m1/s1. The van der Waals surface area contributed by atoms with Crippen LogP contribution >= 0.6 is 0 Å². The molecule has 2 aromatic rings. The van der Waals surface area contributed by atoms with Crippen molar-refractivity contribution >= 4 is 66.6 Å². The number of carbonyl (C=O) groups excluding carboxylic acids is 6. The first-order chi connectivity index (χ1) is 30.2. The summed E-state index contributed by atoms with van der Waals surface area (Å²) in [7, 11) is -2.23. The van der Waals surface area contributed by atoms with E-state index in [4.69, 9.17) is 9.31 Å². The van der Waals surface area contributed by atoms with E-state index in [1.54, 1.807) is 30.3 Å². The molecular weight excluding hydrogens is 818 g/mol. The number of hydrogen-bond acceptors (Lipinski definition) is 12. The molecule has 3 aliphatic heterocycles. The zero-order valence-corrected chi connectivity index (χ0v) is 35.7. The molecule has 5 atom stereocenters. The average Bonchev–Trinajstić information content (AvgIpc) is 4.01. The molecule has 21 heteroatoms. The summed E-state index contributed by atoms with van der Waals surface area (Å²) >= 11 is 0. The molecule has 0 aromatic heterocycles. The van der Waals surface area contributed by atoms with Crippen LogP contribution in [0.5, 0.6) is 0 Å². The van der Waals surface area contributed by atoms with E-state index in [-0.39, 0.29) is 49.4 Å². The van der Waals surface area contributed by atoms with Gasteiger partial charge in [-0.2, -0.15) is 0 Å². The summed E-state index contributed by atoms with van der Waals surface area (Å²) in [5, 5.41) is 52.7. The topological polar surface area (TPSA) is 282 Å². The van der Waals surface area contributed by atoms with Crippen molar-refractivity contribution in [1.29, 1.82) is 0 Å². The molecule has 19 nitrogen and oxygen atoms in total. The van der Waals surface area contributed by atoms with Crippen molar-refractivity contribution in [3.63, 3.8) is 0 Å². The highest BCUT2D eigenvalue weighted by Gasteiger charge is 2.39. The van der Waals surface area contributed by atoms with E-state index in [9.17, 15) is 53.8 Å². The van der Waals surface area contributed by atoms with Gasteiger partial charge >= 0.3 is 20.2 Å². The number of aliphatic hydroxyl groups excluding tert-OH is 1. The molecule has 5 rings (SSSR count). The second kappa shape index (κ2) is 23.4. The average molecular weight is 877 g/mol. The summed E-state index contributed by atoms with van der Waals surface area (Å²) in [6.07, 6.45) is 3.50. The monoisotopic (exact) mass is 876 g/mol. The number of unbranched alkanes of at least 4 members (excludes halogenated alkanes) is 3. The summed E-state index contributed by atoms with van der Waals surface area (Å²) in [5.41, 5.74) is 3.19. The molecule has 1 fully saturated rings. The van der Waals surface area contributed by atoms with Gasteiger partial charge in [0, 0.05) is 49.6 Å². The molecule has 3 heterocycles. The Morgan fingerprint density at radius 2 is 1.43 bits per heavy atom. The molecule has 1 saturated heterocycles. The van der Waals surface area contributed by atoms with Crippen LogP contribution in [0.1, 0.15) is 110 Å². The minimum atomic E-state index is -1.50. The third-order valence-corrected chi connectivity index (χ3v) is 11.6. The van der Waals surface area contributed by atoms with Crippen molar-refractivity contribution in [3.05, 3.63) is 58.7 Å². The van der Waals surface area contributed by atoms with Gasteiger partial charge in [0.15, 0.2) is 6.04 Å². The number of hydrogen-bond donors (Lipinski definition) is 9. The summed E-state index contributed by atoms with van der Waals surface area (Å²) in [5.74, 6) is -4.40. The fraction of sp³-hybridized carbons (Fsp3) is 0.548. The lowest BCUT2D eigenvalue weighted by Gasteiger charge is -2.29. The van der Waals surface area contributed by atoms with Gasteiger partial charge in [0.1, 0.15) is 12.1 Å². The zero-order valence-electron chi connectivity index (χ0n) is 35.7. The van der Waals surface area contributed by atoms with Gasteiger partial charge in [-0.05, 0) is 98.2 Å². The van der Waals surface area contributed by atoms with Crippen LogP contribution < -0.4 is 37.5 Å². The number of fused-ring (bicyclic) bond motifs is 2. The fourth-order valence-electron chi connectivity index (χ4n) is 7.89. The predicted octanol–water partition coefficient (Wildman–Crippen LogP) is -1.42. The van der Waals surface area contributed by atoms with Gasteiger partial charge in [0.05, 0.1) is 19.3 Å². The molecule has 0 unspecified atom stereocenters. The number of amides is 6. The van der Waals surface area contributed by atoms with E-state index in [0.717, 1.165) is 11.1 Å². The molecule has 340 valence electrons. The molecule has 0 bridgehead atoms. The molecule has 0 aliphatic carbocycles. The van der Waals surface area contributed by atoms with E-state index in [2.05, 4.69) is 26.6 Å². The molecule has 0 radical (unpaired) electrons. The summed E-state index contributed by atoms with van der Waals surface area (Å²) in [6, 6.07) is 6.25. The van der Waals surface area contributed by atoms with E-state index < -0.39 is 68.1 Å². The van der Waals surface area contributed by atoms with Gasteiger partial charge in [0.2, 0.25) is 23.6 Å². The van der Waals surface area contributed by atoms with Crippen LogP contribution in [0, 0.1) is 5.92 Å². The van der Waals surface area contributed by atoms with Crippen LogP contribution in [-0.2, 0) is 46.5 Å². The van der Waals surface area contributed by atoms with Gasteiger partial charge in [-0.15, -0.1) is 0 Å². The Kier molecular flexibility index (Phi) is 18.1. The summed E-state index contributed by atoms with van der Waals surface area (Å²) in [4.78, 5) is 91.8. The number of nitrogens with zero attached hydrogens (tertiary/aromatic N) is 1. The van der Waals surface area contributed by atoms with E-state index >= 15 is 0 Å². The van der Waals surface area contributed by atoms with Crippen LogP contribution in [0.4, 0.5) is 0 Å². The lowest BCUT2D eigenvalue weighted by atomic mass is 9.79. The Morgan fingerprint density at radius 1 is 0.810 bits per heavy atom. The number of carboxylic acid groups (broad SMARTS) is 1. The summed E-state index contributed by atoms with van der Waals surface area (Å²) < 4.78 is 10.4. The first-order valence-electron chi connectivity index (χ1n) is 21.7. The second-order valence-electron chi connectivity index (χ2n) is 16.2. The minimum absolute atomic E-state index is 0.145. The zero-order chi connectivity index (χ0) is 45.6. The van der Waals surface area contributed by atoms with Gasteiger partial charge < -0.3 is 61.1 Å². The maximum Gasteiger partial charge on any atom is 0.491 e. The van der Waals surface area contributed by atoms with Crippen LogP contribution in [0.2, 0.25) is 0 Å². The van der Waals surface area contributed by atoms with Crippen LogP contribution in [-0.4, -0.2) is 131 Å². The van der Waals surface area contributed by atoms with Crippen molar-refractivity contribution in [2.75, 3.05) is 26.2 Å². The maximum atomic E-state index is 13.5. The highest BCUT2D eigenvalue weighted by atomic mass is 16.5. The Morgan fingerprint density at radius 3 is 2.05 bits per heavy atom. The minimum Gasteiger partial charge on any atom is -0.480 e. The molecule has 3 aliphatic rings. The van der Waals surface area contributed by atoms with E-state index in [1.807, 2.05) is 6.92 Å². The number of carboxylic acids is 1. The number of rotatable bonds is 23. The number of likely N-dealkylation sites (tertiary alicyclic amines) is 1. The Balaban J connectivity index is 1.07. The normalized spacial score (nSPS) is 17.2. The van der Waals surface area contributed by atoms with Crippen molar-refractivity contribution in [2.24, 2.45) is 5.92 Å². The maximum absolute atomic E-state index is 13.5. The lowest BCUT2D eigenvalue weighted by Crippen LogP contribution is -2.54. The number of nitrogens with one attached hydrogen (secondary N) is 5. The van der Waals surface area contributed by atoms with Gasteiger partial charge in [-0.25, -0.2) is 4.79 Å². The first-order valence-corrected chi connectivity index (χ1v) is 21.7. The van der Waals surface area contributed by atoms with Crippen molar-refractivity contribution in [1.82, 2.24) is 31.5 Å². The predicted molar refractivity (Wildman–Crippen MR) is 229 cm³/mol. The van der Waals surface area contributed by atoms with Gasteiger partial charge in [-0.3, -0.25) is 28.8 Å².